The van der Waals surface area contributed by atoms with E-state index in [9.17, 15) is 21.6 Å². The summed E-state index contributed by atoms with van der Waals surface area (Å²) >= 11 is 3.34. The van der Waals surface area contributed by atoms with Gasteiger partial charge in [0.25, 0.3) is 20.0 Å². The molecule has 0 fully saturated rings. The first-order chi connectivity index (χ1) is 17.6. The number of sulfonamides is 2. The van der Waals surface area contributed by atoms with Crippen LogP contribution in [0, 0.1) is 0 Å². The monoisotopic (exact) mass is 600 g/mol. The zero-order chi connectivity index (χ0) is 26.5. The molecule has 12 heteroatoms. The molecule has 0 saturated heterocycles. The van der Waals surface area contributed by atoms with Gasteiger partial charge in [-0.2, -0.15) is 0 Å². The standard InChI is InChI=1S/C25H21BrN4O5S2/c26-19-7-6-8-21(17-19)30(37(34,35)23-9-2-1-3-10-23)18-25(31)28-20-12-14-22(15-13-20)36(32,33)29-24-11-4-5-16-27-24/h1-17H,18H2,(H,27,29)(H,28,31). The second-order valence-electron chi connectivity index (χ2n) is 7.70. The van der Waals surface area contributed by atoms with Crippen molar-refractivity contribution in [1.82, 2.24) is 4.98 Å². The SMILES string of the molecule is O=C(CN(c1cccc(Br)c1)S(=O)(=O)c1ccccc1)Nc1ccc(S(=O)(=O)Nc2ccccn2)cc1. The predicted molar refractivity (Wildman–Crippen MR) is 145 cm³/mol. The number of rotatable bonds is 9. The van der Waals surface area contributed by atoms with E-state index in [2.05, 4.69) is 31.0 Å². The van der Waals surface area contributed by atoms with Crippen molar-refractivity contribution in [3.8, 4) is 0 Å². The number of carbonyl (C=O) groups is 1. The first kappa shape index (κ1) is 26.3. The van der Waals surface area contributed by atoms with Crippen molar-refractivity contribution < 1.29 is 21.6 Å². The number of carbonyl (C=O) groups excluding carboxylic acids is 1. The van der Waals surface area contributed by atoms with E-state index in [1.54, 1.807) is 54.6 Å². The van der Waals surface area contributed by atoms with Crippen LogP contribution in [0.5, 0.6) is 0 Å². The van der Waals surface area contributed by atoms with Gasteiger partial charge in [-0.25, -0.2) is 21.8 Å². The van der Waals surface area contributed by atoms with Crippen LogP contribution in [0.1, 0.15) is 0 Å². The van der Waals surface area contributed by atoms with Gasteiger partial charge in [-0.3, -0.25) is 13.8 Å². The van der Waals surface area contributed by atoms with Gasteiger partial charge in [0.15, 0.2) is 0 Å². The summed E-state index contributed by atoms with van der Waals surface area (Å²) in [5.74, 6) is -0.436. The van der Waals surface area contributed by atoms with Gasteiger partial charge in [0, 0.05) is 16.4 Å². The van der Waals surface area contributed by atoms with Crippen LogP contribution < -0.4 is 14.3 Å². The Balaban J connectivity index is 1.53. The Bertz CT molecular complexity index is 1600. The Hall–Kier alpha value is -3.74. The molecule has 0 aliphatic heterocycles. The zero-order valence-electron chi connectivity index (χ0n) is 19.2. The first-order valence-corrected chi connectivity index (χ1v) is 14.5. The van der Waals surface area contributed by atoms with Crippen molar-refractivity contribution >= 4 is 59.1 Å². The molecule has 3 aromatic carbocycles. The molecular weight excluding hydrogens is 580 g/mol. The minimum atomic E-state index is -4.06. The predicted octanol–water partition coefficient (Wildman–Crippen LogP) is 4.48. The molecule has 0 aliphatic carbocycles. The normalized spacial score (nSPS) is 11.5. The fourth-order valence-corrected chi connectivity index (χ4v) is 6.16. The highest BCUT2D eigenvalue weighted by atomic mass is 79.9. The molecule has 1 heterocycles. The van der Waals surface area contributed by atoms with Crippen LogP contribution in [0.25, 0.3) is 0 Å². The maximum Gasteiger partial charge on any atom is 0.264 e. The van der Waals surface area contributed by atoms with Crippen molar-refractivity contribution in [3.05, 3.63) is 108 Å². The topological polar surface area (TPSA) is 126 Å². The van der Waals surface area contributed by atoms with Gasteiger partial charge in [-0.1, -0.05) is 46.3 Å². The van der Waals surface area contributed by atoms with Gasteiger partial charge in [0.2, 0.25) is 5.91 Å². The average molecular weight is 602 g/mol. The van der Waals surface area contributed by atoms with Gasteiger partial charge in [0.05, 0.1) is 15.5 Å². The molecule has 1 aromatic heterocycles. The molecule has 0 unspecified atom stereocenters. The fourth-order valence-electron chi connectivity index (χ4n) is 3.33. The van der Waals surface area contributed by atoms with E-state index >= 15 is 0 Å². The average Bonchev–Trinajstić information content (AvgIpc) is 2.88. The summed E-state index contributed by atoms with van der Waals surface area (Å²) in [5.41, 5.74) is 0.600. The largest absolute Gasteiger partial charge is 0.325 e. The van der Waals surface area contributed by atoms with Crippen molar-refractivity contribution in [3.63, 3.8) is 0 Å². The van der Waals surface area contributed by atoms with Crippen molar-refractivity contribution in [2.45, 2.75) is 9.79 Å². The molecule has 0 radical (unpaired) electrons. The van der Waals surface area contributed by atoms with E-state index in [1.807, 2.05) is 0 Å². The molecule has 0 saturated carbocycles. The summed E-state index contributed by atoms with van der Waals surface area (Å²) < 4.78 is 56.0. The van der Waals surface area contributed by atoms with Gasteiger partial charge >= 0.3 is 0 Å². The van der Waals surface area contributed by atoms with Gasteiger partial charge in [-0.15, -0.1) is 0 Å². The second kappa shape index (κ2) is 11.1. The molecule has 2 N–H and O–H groups in total. The number of amides is 1. The third kappa shape index (κ3) is 6.53. The molecule has 0 spiro atoms. The second-order valence-corrected chi connectivity index (χ2v) is 12.2. The molecule has 0 atom stereocenters. The summed E-state index contributed by atoms with van der Waals surface area (Å²) in [4.78, 5) is 16.9. The number of nitrogens with one attached hydrogen (secondary N) is 2. The number of halogens is 1. The lowest BCUT2D eigenvalue weighted by molar-refractivity contribution is -0.114. The van der Waals surface area contributed by atoms with Crippen LogP contribution in [0.15, 0.2) is 118 Å². The van der Waals surface area contributed by atoms with E-state index < -0.39 is 32.5 Å². The first-order valence-electron chi connectivity index (χ1n) is 10.8. The number of benzene rings is 3. The minimum Gasteiger partial charge on any atom is -0.325 e. The maximum absolute atomic E-state index is 13.4. The summed E-state index contributed by atoms with van der Waals surface area (Å²) in [5, 5.41) is 2.62. The molecule has 37 heavy (non-hydrogen) atoms. The number of hydrogen-bond donors (Lipinski definition) is 2. The van der Waals surface area contributed by atoms with Gasteiger partial charge in [0.1, 0.15) is 12.4 Å². The van der Waals surface area contributed by atoms with Crippen molar-refractivity contribution in [2.24, 2.45) is 0 Å². The number of nitrogens with zero attached hydrogens (tertiary/aromatic N) is 2. The lowest BCUT2D eigenvalue weighted by atomic mass is 10.3. The third-order valence-electron chi connectivity index (χ3n) is 5.07. The Kier molecular flexibility index (Phi) is 7.91. The number of anilines is 3. The van der Waals surface area contributed by atoms with Crippen molar-refractivity contribution in [2.75, 3.05) is 20.9 Å². The number of pyridine rings is 1. The third-order valence-corrected chi connectivity index (χ3v) is 8.72. The number of aromatic nitrogens is 1. The molecular formula is C25H21BrN4O5S2. The molecule has 0 aliphatic rings. The van der Waals surface area contributed by atoms with Crippen LogP contribution in [0.2, 0.25) is 0 Å². The summed E-state index contributed by atoms with van der Waals surface area (Å²) in [6.45, 7) is -0.505. The van der Waals surface area contributed by atoms with Crippen LogP contribution in [0.3, 0.4) is 0 Å². The van der Waals surface area contributed by atoms with Crippen LogP contribution in [0.4, 0.5) is 17.2 Å². The lowest BCUT2D eigenvalue weighted by Gasteiger charge is -2.24. The van der Waals surface area contributed by atoms with E-state index in [0.29, 0.717) is 15.8 Å². The molecule has 0 bridgehead atoms. The van der Waals surface area contributed by atoms with Crippen LogP contribution in [-0.4, -0.2) is 34.3 Å². The van der Waals surface area contributed by atoms with Crippen molar-refractivity contribution in [1.29, 1.82) is 0 Å². The lowest BCUT2D eigenvalue weighted by Crippen LogP contribution is -2.38. The van der Waals surface area contributed by atoms with Gasteiger partial charge in [-0.05, 0) is 66.7 Å². The van der Waals surface area contributed by atoms with Crippen LogP contribution in [-0.2, 0) is 24.8 Å². The minimum absolute atomic E-state index is 0.0291. The van der Waals surface area contributed by atoms with E-state index in [-0.39, 0.29) is 15.6 Å². The Morgan fingerprint density at radius 3 is 2.16 bits per heavy atom. The van der Waals surface area contributed by atoms with E-state index in [4.69, 9.17) is 0 Å². The van der Waals surface area contributed by atoms with Crippen LogP contribution >= 0.6 is 15.9 Å². The highest BCUT2D eigenvalue weighted by molar-refractivity contribution is 9.10. The highest BCUT2D eigenvalue weighted by Crippen LogP contribution is 2.26. The maximum atomic E-state index is 13.4. The molecule has 9 nitrogen and oxygen atoms in total. The molecule has 4 aromatic rings. The summed E-state index contributed by atoms with van der Waals surface area (Å²) in [6.07, 6.45) is 1.46. The fraction of sp³-hybridized carbons (Fsp3) is 0.0400. The molecule has 1 amide bonds. The smallest absolute Gasteiger partial charge is 0.264 e. The van der Waals surface area contributed by atoms with E-state index in [1.165, 1.54) is 48.7 Å². The van der Waals surface area contributed by atoms with Gasteiger partial charge < -0.3 is 5.32 Å². The molecule has 190 valence electrons. The summed E-state index contributed by atoms with van der Waals surface area (Å²) in [6, 6.07) is 24.7. The Morgan fingerprint density at radius 1 is 0.811 bits per heavy atom. The summed E-state index contributed by atoms with van der Waals surface area (Å²) in [7, 11) is -7.94. The quantitative estimate of drug-likeness (QED) is 0.292. The number of hydrogen-bond acceptors (Lipinski definition) is 6. The molecule has 4 rings (SSSR count). The Labute approximate surface area is 223 Å². The zero-order valence-corrected chi connectivity index (χ0v) is 22.4. The Morgan fingerprint density at radius 2 is 1.51 bits per heavy atom. The van der Waals surface area contributed by atoms with E-state index in [0.717, 1.165) is 4.31 Å². The highest BCUT2D eigenvalue weighted by Gasteiger charge is 2.27.